The van der Waals surface area contributed by atoms with E-state index >= 15 is 0 Å². The summed E-state index contributed by atoms with van der Waals surface area (Å²) >= 11 is 0. The Bertz CT molecular complexity index is 277. The third-order valence-corrected chi connectivity index (χ3v) is 1.36. The van der Waals surface area contributed by atoms with Gasteiger partial charge in [-0.2, -0.15) is 4.39 Å². The number of nitrogens with zero attached hydrogens (tertiary/aromatic N) is 1. The van der Waals surface area contributed by atoms with E-state index in [-0.39, 0.29) is 5.56 Å². The highest BCUT2D eigenvalue weighted by molar-refractivity contribution is 5.20. The third kappa shape index (κ3) is 1.73. The summed E-state index contributed by atoms with van der Waals surface area (Å²) in [5, 5.41) is 8.56. The van der Waals surface area contributed by atoms with Gasteiger partial charge in [0, 0.05) is 5.56 Å². The van der Waals surface area contributed by atoms with E-state index in [4.69, 9.17) is 5.11 Å². The van der Waals surface area contributed by atoms with E-state index in [1.807, 2.05) is 0 Å². The van der Waals surface area contributed by atoms with E-state index in [9.17, 15) is 13.2 Å². The summed E-state index contributed by atoms with van der Waals surface area (Å²) in [6.45, 7) is -0.563. The van der Waals surface area contributed by atoms with E-state index in [0.717, 1.165) is 12.1 Å². The second-order valence-electron chi connectivity index (χ2n) is 2.14. The van der Waals surface area contributed by atoms with Crippen molar-refractivity contribution in [1.82, 2.24) is 4.98 Å². The molecular formula is C7H6F3NO. The molecule has 0 spiro atoms. The summed E-state index contributed by atoms with van der Waals surface area (Å²) in [7, 11) is 0. The second-order valence-corrected chi connectivity index (χ2v) is 2.14. The summed E-state index contributed by atoms with van der Waals surface area (Å²) in [6, 6.07) is 2.02. The van der Waals surface area contributed by atoms with Crippen molar-refractivity contribution >= 4 is 0 Å². The van der Waals surface area contributed by atoms with Crippen LogP contribution in [0.5, 0.6) is 0 Å². The molecule has 2 nitrogen and oxygen atoms in total. The monoisotopic (exact) mass is 177 g/mol. The lowest BCUT2D eigenvalue weighted by molar-refractivity contribution is 0.140. The molecule has 0 saturated heterocycles. The lowest BCUT2D eigenvalue weighted by atomic mass is 10.2. The average molecular weight is 177 g/mol. The molecule has 0 amide bonds. The molecule has 0 aromatic carbocycles. The van der Waals surface area contributed by atoms with Crippen LogP contribution in [-0.2, 0) is 6.61 Å². The molecule has 1 aromatic heterocycles. The molecule has 0 atom stereocenters. The Kier molecular flexibility index (Phi) is 2.65. The zero-order valence-corrected chi connectivity index (χ0v) is 5.97. The molecule has 0 aliphatic heterocycles. The molecule has 1 heterocycles. The summed E-state index contributed by atoms with van der Waals surface area (Å²) < 4.78 is 36.4. The van der Waals surface area contributed by atoms with E-state index in [2.05, 4.69) is 4.98 Å². The number of rotatable bonds is 2. The Labute approximate surface area is 66.7 Å². The van der Waals surface area contributed by atoms with Crippen molar-refractivity contribution in [2.24, 2.45) is 0 Å². The molecule has 0 fully saturated rings. The van der Waals surface area contributed by atoms with Crippen LogP contribution in [0.25, 0.3) is 0 Å². The number of hydrogen-bond acceptors (Lipinski definition) is 2. The predicted octanol–water partition coefficient (Wildman–Crippen LogP) is 1.65. The molecule has 5 heteroatoms. The van der Waals surface area contributed by atoms with Gasteiger partial charge in [0.05, 0.1) is 6.61 Å². The third-order valence-electron chi connectivity index (χ3n) is 1.36. The van der Waals surface area contributed by atoms with Gasteiger partial charge in [-0.15, -0.1) is 0 Å². The molecule has 0 aliphatic carbocycles. The number of aromatic nitrogens is 1. The molecule has 66 valence electrons. The second kappa shape index (κ2) is 3.53. The minimum absolute atomic E-state index is 0.0496. The van der Waals surface area contributed by atoms with Crippen LogP contribution in [-0.4, -0.2) is 10.1 Å². The highest BCUT2D eigenvalue weighted by Gasteiger charge is 2.14. The van der Waals surface area contributed by atoms with Crippen LogP contribution in [0, 0.1) is 5.95 Å². The van der Waals surface area contributed by atoms with Crippen LogP contribution in [0.4, 0.5) is 13.2 Å². The smallest absolute Gasteiger partial charge is 0.280 e. The zero-order chi connectivity index (χ0) is 9.14. The molecule has 0 bridgehead atoms. The Morgan fingerprint density at radius 3 is 2.58 bits per heavy atom. The number of hydrogen-bond donors (Lipinski definition) is 1. The Hall–Kier alpha value is -1.10. The van der Waals surface area contributed by atoms with Crippen molar-refractivity contribution in [3.63, 3.8) is 0 Å². The fourth-order valence-corrected chi connectivity index (χ4v) is 0.802. The first-order valence-electron chi connectivity index (χ1n) is 3.19. The summed E-state index contributed by atoms with van der Waals surface area (Å²) in [5.41, 5.74) is -0.746. The fourth-order valence-electron chi connectivity index (χ4n) is 0.802. The number of pyridine rings is 1. The minimum atomic E-state index is -2.86. The van der Waals surface area contributed by atoms with Crippen LogP contribution in [0.2, 0.25) is 0 Å². The highest BCUT2D eigenvalue weighted by Crippen LogP contribution is 2.20. The zero-order valence-electron chi connectivity index (χ0n) is 5.97. The molecule has 0 saturated carbocycles. The molecule has 0 radical (unpaired) electrons. The predicted molar refractivity (Wildman–Crippen MR) is 35.1 cm³/mol. The van der Waals surface area contributed by atoms with Crippen molar-refractivity contribution < 1.29 is 18.3 Å². The van der Waals surface area contributed by atoms with Gasteiger partial charge in [-0.3, -0.25) is 0 Å². The number of alkyl halides is 2. The van der Waals surface area contributed by atoms with Gasteiger partial charge in [0.25, 0.3) is 6.43 Å². The molecule has 0 unspecified atom stereocenters. The van der Waals surface area contributed by atoms with E-state index in [1.54, 1.807) is 0 Å². The molecule has 12 heavy (non-hydrogen) atoms. The SMILES string of the molecule is OCc1ccc(F)nc1C(F)F. The maximum atomic E-state index is 12.3. The lowest BCUT2D eigenvalue weighted by Gasteiger charge is -2.03. The van der Waals surface area contributed by atoms with Crippen molar-refractivity contribution in [2.75, 3.05) is 0 Å². The van der Waals surface area contributed by atoms with Crippen molar-refractivity contribution in [1.29, 1.82) is 0 Å². The van der Waals surface area contributed by atoms with E-state index in [0.29, 0.717) is 0 Å². The largest absolute Gasteiger partial charge is 0.392 e. The van der Waals surface area contributed by atoms with Crippen molar-refractivity contribution in [3.05, 3.63) is 29.3 Å². The molecule has 1 aromatic rings. The van der Waals surface area contributed by atoms with Crippen LogP contribution in [0.15, 0.2) is 12.1 Å². The van der Waals surface area contributed by atoms with Crippen LogP contribution in [0.1, 0.15) is 17.7 Å². The van der Waals surface area contributed by atoms with Crippen molar-refractivity contribution in [3.8, 4) is 0 Å². The number of aliphatic hydroxyl groups excluding tert-OH is 1. The first-order chi connectivity index (χ1) is 5.65. The first kappa shape index (κ1) is 8.99. The highest BCUT2D eigenvalue weighted by atomic mass is 19.3. The molecule has 1 N–H and O–H groups in total. The van der Waals surface area contributed by atoms with E-state index in [1.165, 1.54) is 0 Å². The lowest BCUT2D eigenvalue weighted by Crippen LogP contribution is -2.00. The van der Waals surface area contributed by atoms with Crippen LogP contribution < -0.4 is 0 Å². The summed E-state index contributed by atoms with van der Waals surface area (Å²) in [6.07, 6.45) is -2.86. The number of halogens is 3. The standard InChI is InChI=1S/C7H6F3NO/c8-5-2-1-4(3-12)6(11-5)7(9)10/h1-2,7,12H,3H2. The van der Waals surface area contributed by atoms with E-state index < -0.39 is 24.7 Å². The molecule has 0 aliphatic rings. The van der Waals surface area contributed by atoms with Crippen molar-refractivity contribution in [2.45, 2.75) is 13.0 Å². The van der Waals surface area contributed by atoms with Gasteiger partial charge in [-0.1, -0.05) is 6.07 Å². The van der Waals surface area contributed by atoms with Gasteiger partial charge in [-0.25, -0.2) is 13.8 Å². The maximum Gasteiger partial charge on any atom is 0.280 e. The van der Waals surface area contributed by atoms with Gasteiger partial charge in [0.15, 0.2) is 0 Å². The van der Waals surface area contributed by atoms with Crippen LogP contribution >= 0.6 is 0 Å². The van der Waals surface area contributed by atoms with Gasteiger partial charge >= 0.3 is 0 Å². The molecular weight excluding hydrogens is 171 g/mol. The van der Waals surface area contributed by atoms with Gasteiger partial charge in [0.2, 0.25) is 5.95 Å². The molecule has 1 rings (SSSR count). The van der Waals surface area contributed by atoms with Crippen LogP contribution in [0.3, 0.4) is 0 Å². The topological polar surface area (TPSA) is 33.1 Å². The maximum absolute atomic E-state index is 12.3. The first-order valence-corrected chi connectivity index (χ1v) is 3.19. The van der Waals surface area contributed by atoms with Gasteiger partial charge in [-0.05, 0) is 6.07 Å². The quantitative estimate of drug-likeness (QED) is 0.696. The Balaban J connectivity index is 3.12. The van der Waals surface area contributed by atoms with Gasteiger partial charge < -0.3 is 5.11 Å². The Morgan fingerprint density at radius 1 is 1.42 bits per heavy atom. The normalized spacial score (nSPS) is 10.8. The minimum Gasteiger partial charge on any atom is -0.392 e. The summed E-state index contributed by atoms with van der Waals surface area (Å²) in [5.74, 6) is -0.970. The van der Waals surface area contributed by atoms with Gasteiger partial charge in [0.1, 0.15) is 5.69 Å². The Morgan fingerprint density at radius 2 is 2.08 bits per heavy atom. The number of aliphatic hydroxyl groups is 1. The summed E-state index contributed by atoms with van der Waals surface area (Å²) in [4.78, 5) is 2.97. The average Bonchev–Trinajstić information content (AvgIpc) is 2.04. The fraction of sp³-hybridized carbons (Fsp3) is 0.286.